The molecule has 4 rings (SSSR count). The van der Waals surface area contributed by atoms with Gasteiger partial charge in [0.25, 0.3) is 0 Å². The van der Waals surface area contributed by atoms with Crippen LogP contribution in [-0.4, -0.2) is 73.5 Å². The van der Waals surface area contributed by atoms with Crippen molar-refractivity contribution in [2.45, 2.75) is 70.4 Å². The van der Waals surface area contributed by atoms with E-state index in [4.69, 9.17) is 9.47 Å². The molecule has 4 atom stereocenters. The van der Waals surface area contributed by atoms with E-state index >= 15 is 0 Å². The van der Waals surface area contributed by atoms with Gasteiger partial charge in [-0.1, -0.05) is 0 Å². The first-order valence-corrected chi connectivity index (χ1v) is 9.93. The molecule has 132 valence electrons. The van der Waals surface area contributed by atoms with E-state index in [0.717, 1.165) is 24.9 Å². The zero-order valence-electron chi connectivity index (χ0n) is 15.0. The molecule has 2 aliphatic carbocycles. The summed E-state index contributed by atoms with van der Waals surface area (Å²) >= 11 is 0. The minimum atomic E-state index is 0.414. The van der Waals surface area contributed by atoms with E-state index in [2.05, 4.69) is 23.6 Å². The van der Waals surface area contributed by atoms with Crippen LogP contribution in [0, 0.1) is 11.8 Å². The first-order valence-electron chi connectivity index (χ1n) is 9.93. The predicted octanol–water partition coefficient (Wildman–Crippen LogP) is 2.38. The molecule has 0 bridgehead atoms. The van der Waals surface area contributed by atoms with E-state index in [1.54, 1.807) is 0 Å². The molecule has 0 aromatic heterocycles. The average molecular weight is 322 g/mol. The highest BCUT2D eigenvalue weighted by Gasteiger charge is 2.38. The second-order valence-corrected chi connectivity index (χ2v) is 8.52. The van der Waals surface area contributed by atoms with Gasteiger partial charge < -0.3 is 9.47 Å². The lowest BCUT2D eigenvalue weighted by atomic mass is 10.1. The van der Waals surface area contributed by atoms with Gasteiger partial charge in [0.1, 0.15) is 0 Å². The topological polar surface area (TPSA) is 24.9 Å². The number of hydrogen-bond donors (Lipinski definition) is 0. The third kappa shape index (κ3) is 4.47. The molecule has 4 nitrogen and oxygen atoms in total. The first-order chi connectivity index (χ1) is 11.2. The largest absolute Gasteiger partial charge is 0.372 e. The molecular formula is C19H34N2O2. The summed E-state index contributed by atoms with van der Waals surface area (Å²) in [5.41, 5.74) is 0. The maximum Gasteiger partial charge on any atom is 0.0734 e. The SMILES string of the molecule is C[C@@H]1CN(CCCN2C[C@@H](C3CC3)O[C@@H](C)C2)C[C@H](C2CC2)O1. The number of ether oxygens (including phenoxy) is 2. The molecule has 4 fully saturated rings. The molecule has 0 aromatic carbocycles. The summed E-state index contributed by atoms with van der Waals surface area (Å²) < 4.78 is 12.3. The van der Waals surface area contributed by atoms with Gasteiger partial charge in [-0.3, -0.25) is 9.80 Å². The van der Waals surface area contributed by atoms with Gasteiger partial charge in [0.05, 0.1) is 24.4 Å². The van der Waals surface area contributed by atoms with Crippen LogP contribution in [0.25, 0.3) is 0 Å². The first kappa shape index (κ1) is 16.3. The van der Waals surface area contributed by atoms with Crippen LogP contribution in [0.3, 0.4) is 0 Å². The Balaban J connectivity index is 1.20. The molecule has 0 amide bonds. The van der Waals surface area contributed by atoms with Crippen molar-refractivity contribution in [3.63, 3.8) is 0 Å². The van der Waals surface area contributed by atoms with Gasteiger partial charge in [0.15, 0.2) is 0 Å². The highest BCUT2D eigenvalue weighted by Crippen LogP contribution is 2.37. The third-order valence-corrected chi connectivity index (χ3v) is 5.97. The fourth-order valence-corrected chi connectivity index (χ4v) is 4.49. The van der Waals surface area contributed by atoms with Gasteiger partial charge in [-0.15, -0.1) is 0 Å². The summed E-state index contributed by atoms with van der Waals surface area (Å²) in [7, 11) is 0. The summed E-state index contributed by atoms with van der Waals surface area (Å²) in [6, 6.07) is 0. The van der Waals surface area contributed by atoms with E-state index in [0.29, 0.717) is 24.4 Å². The van der Waals surface area contributed by atoms with E-state index in [-0.39, 0.29) is 0 Å². The lowest BCUT2D eigenvalue weighted by Gasteiger charge is -2.39. The second kappa shape index (κ2) is 6.99. The summed E-state index contributed by atoms with van der Waals surface area (Å²) in [6.45, 7) is 11.5. The lowest BCUT2D eigenvalue weighted by Crippen LogP contribution is -2.49. The number of rotatable bonds is 6. The molecule has 0 unspecified atom stereocenters. The molecule has 2 aliphatic heterocycles. The van der Waals surface area contributed by atoms with Gasteiger partial charge in [-0.05, 0) is 70.9 Å². The normalized spacial score (nSPS) is 40.4. The Hall–Kier alpha value is -0.160. The number of morpholine rings is 2. The van der Waals surface area contributed by atoms with Crippen molar-refractivity contribution in [2.24, 2.45) is 11.8 Å². The minimum absolute atomic E-state index is 0.414. The van der Waals surface area contributed by atoms with Crippen LogP contribution in [0.1, 0.15) is 46.0 Å². The molecule has 23 heavy (non-hydrogen) atoms. The van der Waals surface area contributed by atoms with Gasteiger partial charge in [-0.2, -0.15) is 0 Å². The van der Waals surface area contributed by atoms with Crippen molar-refractivity contribution >= 4 is 0 Å². The quantitative estimate of drug-likeness (QED) is 0.749. The Morgan fingerprint density at radius 1 is 0.696 bits per heavy atom. The standard InChI is InChI=1S/C19H34N2O2/c1-14-10-20(12-18(22-14)16-4-5-16)8-3-9-21-11-15(2)23-19(13-21)17-6-7-17/h14-19H,3-13H2,1-2H3/t14-,15+,18-,19+. The minimum Gasteiger partial charge on any atom is -0.372 e. The van der Waals surface area contributed by atoms with Crippen molar-refractivity contribution in [1.82, 2.24) is 9.80 Å². The van der Waals surface area contributed by atoms with Crippen LogP contribution < -0.4 is 0 Å². The highest BCUT2D eigenvalue weighted by molar-refractivity contribution is 4.89. The van der Waals surface area contributed by atoms with Crippen LogP contribution in [0.4, 0.5) is 0 Å². The van der Waals surface area contributed by atoms with Crippen LogP contribution >= 0.6 is 0 Å². The molecule has 0 radical (unpaired) electrons. The molecular weight excluding hydrogens is 288 g/mol. The van der Waals surface area contributed by atoms with E-state index in [1.807, 2.05) is 0 Å². The predicted molar refractivity (Wildman–Crippen MR) is 91.6 cm³/mol. The molecule has 0 aromatic rings. The van der Waals surface area contributed by atoms with Crippen molar-refractivity contribution in [1.29, 1.82) is 0 Å². The van der Waals surface area contributed by atoms with Crippen molar-refractivity contribution in [3.05, 3.63) is 0 Å². The lowest BCUT2D eigenvalue weighted by molar-refractivity contribution is -0.0927. The van der Waals surface area contributed by atoms with Gasteiger partial charge in [0, 0.05) is 26.2 Å². The molecule has 4 heteroatoms. The van der Waals surface area contributed by atoms with Crippen LogP contribution in [0.5, 0.6) is 0 Å². The molecule has 2 saturated carbocycles. The molecule has 2 saturated heterocycles. The van der Waals surface area contributed by atoms with Gasteiger partial charge >= 0.3 is 0 Å². The molecule has 4 aliphatic rings. The Bertz CT molecular complexity index is 361. The highest BCUT2D eigenvalue weighted by atomic mass is 16.5. The summed E-state index contributed by atoms with van der Waals surface area (Å²) in [4.78, 5) is 5.30. The monoisotopic (exact) mass is 322 g/mol. The average Bonchev–Trinajstić information content (AvgIpc) is 3.39. The Morgan fingerprint density at radius 2 is 1.13 bits per heavy atom. The Labute approximate surface area is 141 Å². The fraction of sp³-hybridized carbons (Fsp3) is 1.00. The van der Waals surface area contributed by atoms with Crippen molar-refractivity contribution in [3.8, 4) is 0 Å². The Morgan fingerprint density at radius 3 is 1.52 bits per heavy atom. The second-order valence-electron chi connectivity index (χ2n) is 8.52. The number of hydrogen-bond acceptors (Lipinski definition) is 4. The maximum absolute atomic E-state index is 6.13. The Kier molecular flexibility index (Phi) is 4.96. The zero-order chi connectivity index (χ0) is 15.8. The zero-order valence-corrected chi connectivity index (χ0v) is 15.0. The van der Waals surface area contributed by atoms with Crippen molar-refractivity contribution in [2.75, 3.05) is 39.3 Å². The molecule has 2 heterocycles. The summed E-state index contributed by atoms with van der Waals surface area (Å²) in [5, 5.41) is 0. The summed E-state index contributed by atoms with van der Waals surface area (Å²) in [5.74, 6) is 1.72. The molecule has 0 N–H and O–H groups in total. The molecule has 0 spiro atoms. The van der Waals surface area contributed by atoms with Gasteiger partial charge in [-0.25, -0.2) is 0 Å². The van der Waals surface area contributed by atoms with E-state index in [9.17, 15) is 0 Å². The third-order valence-electron chi connectivity index (χ3n) is 5.97. The van der Waals surface area contributed by atoms with Gasteiger partial charge in [0.2, 0.25) is 0 Å². The van der Waals surface area contributed by atoms with Crippen LogP contribution in [0.15, 0.2) is 0 Å². The number of nitrogens with zero attached hydrogens (tertiary/aromatic N) is 2. The van der Waals surface area contributed by atoms with Crippen LogP contribution in [0.2, 0.25) is 0 Å². The smallest absolute Gasteiger partial charge is 0.0734 e. The fourth-order valence-electron chi connectivity index (χ4n) is 4.49. The maximum atomic E-state index is 6.13. The van der Waals surface area contributed by atoms with E-state index < -0.39 is 0 Å². The van der Waals surface area contributed by atoms with Crippen LogP contribution in [-0.2, 0) is 9.47 Å². The van der Waals surface area contributed by atoms with Crippen molar-refractivity contribution < 1.29 is 9.47 Å². The van der Waals surface area contributed by atoms with E-state index in [1.165, 1.54) is 58.3 Å². The summed E-state index contributed by atoms with van der Waals surface area (Å²) in [6.07, 6.45) is 8.70.